The van der Waals surface area contributed by atoms with E-state index in [1.165, 1.54) is 4.90 Å². The molecule has 0 saturated heterocycles. The Labute approximate surface area is 173 Å². The van der Waals surface area contributed by atoms with E-state index in [0.717, 1.165) is 17.5 Å². The van der Waals surface area contributed by atoms with E-state index in [2.05, 4.69) is 28.6 Å². The van der Waals surface area contributed by atoms with Crippen molar-refractivity contribution in [2.75, 3.05) is 12.3 Å². The summed E-state index contributed by atoms with van der Waals surface area (Å²) in [4.78, 5) is 26.2. The molecule has 0 unspecified atom stereocenters. The van der Waals surface area contributed by atoms with E-state index in [0.29, 0.717) is 41.6 Å². The molecule has 2 amide bonds. The molecule has 29 heavy (non-hydrogen) atoms. The minimum atomic E-state index is -0.210. The molecule has 2 aromatic heterocycles. The number of furan rings is 1. The quantitative estimate of drug-likeness (QED) is 0.317. The number of benzene rings is 1. The number of rotatable bonds is 8. The van der Waals surface area contributed by atoms with Crippen LogP contribution in [0.5, 0.6) is 0 Å². The minimum Gasteiger partial charge on any atom is -0.461 e. The lowest BCUT2D eigenvalue weighted by atomic mass is 10.1. The van der Waals surface area contributed by atoms with Gasteiger partial charge in [0.25, 0.3) is 11.8 Å². The van der Waals surface area contributed by atoms with E-state index in [-0.39, 0.29) is 11.8 Å². The van der Waals surface area contributed by atoms with Gasteiger partial charge in [0, 0.05) is 18.8 Å². The average molecular weight is 410 g/mol. The van der Waals surface area contributed by atoms with Gasteiger partial charge in [0.15, 0.2) is 16.7 Å². The van der Waals surface area contributed by atoms with Gasteiger partial charge in [-0.05, 0) is 36.6 Å². The van der Waals surface area contributed by atoms with Gasteiger partial charge in [-0.1, -0.05) is 37.7 Å². The fourth-order valence-corrected chi connectivity index (χ4v) is 4.21. The van der Waals surface area contributed by atoms with Crippen molar-refractivity contribution in [2.45, 2.75) is 32.0 Å². The van der Waals surface area contributed by atoms with Crippen molar-refractivity contribution >= 4 is 23.6 Å². The Hall–Kier alpha value is -2.87. The average Bonchev–Trinajstić information content (AvgIpc) is 3.41. The predicted molar refractivity (Wildman–Crippen MR) is 110 cm³/mol. The summed E-state index contributed by atoms with van der Waals surface area (Å²) >= 11 is 1.58. The number of hydrogen-bond acceptors (Lipinski definition) is 6. The van der Waals surface area contributed by atoms with Crippen LogP contribution in [0.3, 0.4) is 0 Å². The molecule has 0 bridgehead atoms. The number of carbonyl (C=O) groups excluding carboxylic acids is 2. The molecule has 7 nitrogen and oxygen atoms in total. The summed E-state index contributed by atoms with van der Waals surface area (Å²) < 4.78 is 7.55. The number of imide groups is 1. The van der Waals surface area contributed by atoms with Crippen molar-refractivity contribution < 1.29 is 14.0 Å². The zero-order valence-corrected chi connectivity index (χ0v) is 17.2. The smallest absolute Gasteiger partial charge is 0.261 e. The molecule has 8 heteroatoms. The molecular weight excluding hydrogens is 388 g/mol. The summed E-state index contributed by atoms with van der Waals surface area (Å²) in [7, 11) is 0. The molecule has 4 rings (SSSR count). The number of hydrogen-bond donors (Lipinski definition) is 0. The highest BCUT2D eigenvalue weighted by atomic mass is 32.2. The van der Waals surface area contributed by atoms with Crippen molar-refractivity contribution in [1.29, 1.82) is 0 Å². The number of carbonyl (C=O) groups is 2. The molecule has 3 aromatic rings. The third-order valence-corrected chi connectivity index (χ3v) is 5.69. The third kappa shape index (κ3) is 3.85. The Morgan fingerprint density at radius 3 is 2.38 bits per heavy atom. The Morgan fingerprint density at radius 1 is 1.03 bits per heavy atom. The number of amides is 2. The number of fused-ring (bicyclic) bond motifs is 1. The molecule has 0 aliphatic carbocycles. The van der Waals surface area contributed by atoms with E-state index in [1.807, 2.05) is 12.1 Å². The van der Waals surface area contributed by atoms with Crippen LogP contribution in [0.2, 0.25) is 0 Å². The summed E-state index contributed by atoms with van der Waals surface area (Å²) in [6.07, 6.45) is 2.30. The maximum atomic E-state index is 12.4. The number of aromatic nitrogens is 3. The molecule has 0 fully saturated rings. The fraction of sp³-hybridized carbons (Fsp3) is 0.333. The summed E-state index contributed by atoms with van der Waals surface area (Å²) in [5, 5.41) is 9.44. The largest absolute Gasteiger partial charge is 0.461 e. The van der Waals surface area contributed by atoms with Crippen molar-refractivity contribution in [1.82, 2.24) is 19.7 Å². The topological polar surface area (TPSA) is 81.2 Å². The highest BCUT2D eigenvalue weighted by Gasteiger charge is 2.34. The van der Waals surface area contributed by atoms with Crippen LogP contribution >= 0.6 is 11.8 Å². The number of nitrogens with zero attached hydrogens (tertiary/aromatic N) is 4. The molecule has 150 valence electrons. The molecule has 0 atom stereocenters. The van der Waals surface area contributed by atoms with Gasteiger partial charge in [-0.2, -0.15) is 0 Å². The lowest BCUT2D eigenvalue weighted by molar-refractivity contribution is 0.0655. The van der Waals surface area contributed by atoms with Crippen LogP contribution in [0.25, 0.3) is 11.6 Å². The van der Waals surface area contributed by atoms with Crippen LogP contribution in [-0.4, -0.2) is 43.8 Å². The van der Waals surface area contributed by atoms with E-state index in [1.54, 1.807) is 42.3 Å². The van der Waals surface area contributed by atoms with Gasteiger partial charge >= 0.3 is 0 Å². The molecular formula is C21H22N4O3S. The Kier molecular flexibility index (Phi) is 5.53. The summed E-state index contributed by atoms with van der Waals surface area (Å²) in [6, 6.07) is 10.7. The first-order valence-electron chi connectivity index (χ1n) is 9.61. The third-order valence-electron chi connectivity index (χ3n) is 4.64. The maximum absolute atomic E-state index is 12.4. The summed E-state index contributed by atoms with van der Waals surface area (Å²) in [5.74, 6) is 2.14. The second kappa shape index (κ2) is 8.24. The Morgan fingerprint density at radius 2 is 1.76 bits per heavy atom. The van der Waals surface area contributed by atoms with Gasteiger partial charge in [0.2, 0.25) is 0 Å². The lowest BCUT2D eigenvalue weighted by Crippen LogP contribution is -2.31. The Balaban J connectivity index is 1.39. The maximum Gasteiger partial charge on any atom is 0.261 e. The van der Waals surface area contributed by atoms with Gasteiger partial charge in [-0.3, -0.25) is 19.1 Å². The van der Waals surface area contributed by atoms with E-state index >= 15 is 0 Å². The van der Waals surface area contributed by atoms with Gasteiger partial charge in [0.1, 0.15) is 0 Å². The van der Waals surface area contributed by atoms with Crippen molar-refractivity contribution in [3.63, 3.8) is 0 Å². The van der Waals surface area contributed by atoms with E-state index in [4.69, 9.17) is 4.42 Å². The minimum absolute atomic E-state index is 0.210. The van der Waals surface area contributed by atoms with Crippen molar-refractivity contribution in [3.05, 3.63) is 53.8 Å². The van der Waals surface area contributed by atoms with E-state index in [9.17, 15) is 9.59 Å². The standard InChI is InChI=1S/C21H22N4O3S/c1-14(2)13-25-18(17-9-5-11-28-17)22-23-21(25)29-12-6-10-24-19(26)15-7-3-4-8-16(15)20(24)27/h3-5,7-9,11,14H,6,10,12-13H2,1-2H3. The zero-order chi connectivity index (χ0) is 20.4. The van der Waals surface area contributed by atoms with Gasteiger partial charge in [0.05, 0.1) is 17.4 Å². The second-order valence-corrected chi connectivity index (χ2v) is 8.36. The molecule has 0 N–H and O–H groups in total. The van der Waals surface area contributed by atoms with Gasteiger partial charge < -0.3 is 4.42 Å². The molecule has 0 radical (unpaired) electrons. The first-order valence-corrected chi connectivity index (χ1v) is 10.6. The van der Waals surface area contributed by atoms with Gasteiger partial charge in [-0.25, -0.2) is 0 Å². The fourth-order valence-electron chi connectivity index (χ4n) is 3.34. The lowest BCUT2D eigenvalue weighted by Gasteiger charge is -2.14. The normalized spacial score (nSPS) is 13.6. The van der Waals surface area contributed by atoms with Crippen LogP contribution in [0.15, 0.2) is 52.2 Å². The van der Waals surface area contributed by atoms with Crippen LogP contribution in [0, 0.1) is 5.92 Å². The molecule has 0 saturated carbocycles. The van der Waals surface area contributed by atoms with Crippen molar-refractivity contribution in [2.24, 2.45) is 5.92 Å². The summed E-state index contributed by atoms with van der Waals surface area (Å²) in [5.41, 5.74) is 0.981. The molecule has 1 aromatic carbocycles. The SMILES string of the molecule is CC(C)Cn1c(SCCCN2C(=O)c3ccccc3C2=O)nnc1-c1ccco1. The molecule has 3 heterocycles. The van der Waals surface area contributed by atoms with Gasteiger partial charge in [-0.15, -0.1) is 10.2 Å². The first kappa shape index (κ1) is 19.4. The highest BCUT2D eigenvalue weighted by Crippen LogP contribution is 2.27. The zero-order valence-electron chi connectivity index (χ0n) is 16.4. The van der Waals surface area contributed by atoms with Crippen LogP contribution < -0.4 is 0 Å². The first-order chi connectivity index (χ1) is 14.1. The molecule has 1 aliphatic rings. The van der Waals surface area contributed by atoms with E-state index < -0.39 is 0 Å². The highest BCUT2D eigenvalue weighted by molar-refractivity contribution is 7.99. The monoisotopic (exact) mass is 410 g/mol. The second-order valence-electron chi connectivity index (χ2n) is 7.30. The van der Waals surface area contributed by atoms with Crippen LogP contribution in [-0.2, 0) is 6.54 Å². The van der Waals surface area contributed by atoms with Crippen molar-refractivity contribution in [3.8, 4) is 11.6 Å². The Bertz CT molecular complexity index is 991. The molecule has 0 spiro atoms. The van der Waals surface area contributed by atoms with Crippen LogP contribution in [0.1, 0.15) is 41.0 Å². The predicted octanol–water partition coefficient (Wildman–Crippen LogP) is 3.97. The number of thioether (sulfide) groups is 1. The van der Waals surface area contributed by atoms with Crippen LogP contribution in [0.4, 0.5) is 0 Å². The summed E-state index contributed by atoms with van der Waals surface area (Å²) in [6.45, 7) is 5.46. The molecule has 1 aliphatic heterocycles.